The second-order valence-corrected chi connectivity index (χ2v) is 8.37. The van der Waals surface area contributed by atoms with E-state index >= 15 is 0 Å². The van der Waals surface area contributed by atoms with Crippen molar-refractivity contribution >= 4 is 17.4 Å². The molecule has 0 unspecified atom stereocenters. The Morgan fingerprint density at radius 1 is 0.839 bits per heavy atom. The molecule has 3 aromatic carbocycles. The predicted octanol–water partition coefficient (Wildman–Crippen LogP) is 7.19. The lowest BCUT2D eigenvalue weighted by Gasteiger charge is -2.16. The standard InChI is InChI=1S/C26H30N2O3/c1-15(2)23-14-22(7-8-24(23)29)31-25-18(5)12-21(13-19(25)6)28-26(30)27-20-10-16(3)9-17(4)11-20/h7-15,29H,1-6H3,(H2,27,28,30). The number of benzene rings is 3. The van der Waals surface area contributed by atoms with E-state index in [1.54, 1.807) is 12.1 Å². The SMILES string of the molecule is Cc1cc(C)cc(NC(=O)Nc2cc(C)c(Oc3ccc(O)c(C(C)C)c3)c(C)c2)c1. The fraction of sp³-hybridized carbons (Fsp3) is 0.269. The van der Waals surface area contributed by atoms with Crippen LogP contribution in [0.3, 0.4) is 0 Å². The summed E-state index contributed by atoms with van der Waals surface area (Å²) in [5.74, 6) is 1.86. The second-order valence-electron chi connectivity index (χ2n) is 8.37. The molecule has 0 aliphatic heterocycles. The van der Waals surface area contributed by atoms with Gasteiger partial charge in [-0.2, -0.15) is 0 Å². The van der Waals surface area contributed by atoms with E-state index in [1.165, 1.54) is 0 Å². The minimum atomic E-state index is -0.294. The van der Waals surface area contributed by atoms with Gasteiger partial charge in [0.15, 0.2) is 0 Å². The summed E-state index contributed by atoms with van der Waals surface area (Å²) in [7, 11) is 0. The molecule has 0 atom stereocenters. The summed E-state index contributed by atoms with van der Waals surface area (Å²) in [6.45, 7) is 11.9. The highest BCUT2D eigenvalue weighted by Crippen LogP contribution is 2.35. The van der Waals surface area contributed by atoms with Crippen molar-refractivity contribution < 1.29 is 14.6 Å². The molecule has 0 saturated heterocycles. The van der Waals surface area contributed by atoms with Gasteiger partial charge in [-0.1, -0.05) is 19.9 Å². The van der Waals surface area contributed by atoms with Crippen molar-refractivity contribution in [3.05, 3.63) is 76.3 Å². The molecule has 0 aromatic heterocycles. The number of phenolic OH excluding ortho intramolecular Hbond substituents is 1. The summed E-state index contributed by atoms with van der Waals surface area (Å²) in [5.41, 5.74) is 6.29. The average molecular weight is 419 g/mol. The molecule has 2 amide bonds. The number of carbonyl (C=O) groups is 1. The molecule has 0 heterocycles. The minimum Gasteiger partial charge on any atom is -0.508 e. The first-order chi connectivity index (χ1) is 14.6. The van der Waals surface area contributed by atoms with Crippen LogP contribution in [0.4, 0.5) is 16.2 Å². The maximum absolute atomic E-state index is 12.5. The summed E-state index contributed by atoms with van der Waals surface area (Å²) in [5, 5.41) is 15.8. The quantitative estimate of drug-likeness (QED) is 0.411. The van der Waals surface area contributed by atoms with E-state index in [2.05, 4.69) is 16.7 Å². The van der Waals surface area contributed by atoms with Crippen molar-refractivity contribution in [2.45, 2.75) is 47.5 Å². The third-order valence-corrected chi connectivity index (χ3v) is 5.04. The van der Waals surface area contributed by atoms with Crippen LogP contribution in [0.1, 0.15) is 47.6 Å². The first kappa shape index (κ1) is 22.2. The molecule has 3 N–H and O–H groups in total. The first-order valence-corrected chi connectivity index (χ1v) is 10.4. The second kappa shape index (κ2) is 9.13. The summed E-state index contributed by atoms with van der Waals surface area (Å²) < 4.78 is 6.13. The fourth-order valence-corrected chi connectivity index (χ4v) is 3.70. The van der Waals surface area contributed by atoms with Gasteiger partial charge < -0.3 is 20.5 Å². The van der Waals surface area contributed by atoms with Gasteiger partial charge >= 0.3 is 6.03 Å². The molecule has 0 aliphatic carbocycles. The van der Waals surface area contributed by atoms with Gasteiger partial charge in [-0.3, -0.25) is 0 Å². The number of aromatic hydroxyl groups is 1. The Morgan fingerprint density at radius 2 is 1.39 bits per heavy atom. The highest BCUT2D eigenvalue weighted by atomic mass is 16.5. The van der Waals surface area contributed by atoms with Gasteiger partial charge in [0, 0.05) is 16.9 Å². The van der Waals surface area contributed by atoms with Crippen LogP contribution in [-0.4, -0.2) is 11.1 Å². The lowest BCUT2D eigenvalue weighted by Crippen LogP contribution is -2.19. The fourth-order valence-electron chi connectivity index (χ4n) is 3.70. The van der Waals surface area contributed by atoms with Crippen LogP contribution >= 0.6 is 0 Å². The van der Waals surface area contributed by atoms with E-state index in [-0.39, 0.29) is 17.7 Å². The molecular weight excluding hydrogens is 388 g/mol. The van der Waals surface area contributed by atoms with E-state index in [1.807, 2.05) is 71.9 Å². The number of phenols is 1. The number of nitrogens with one attached hydrogen (secondary N) is 2. The number of carbonyl (C=O) groups excluding carboxylic acids is 1. The number of aryl methyl sites for hydroxylation is 4. The van der Waals surface area contributed by atoms with Crippen molar-refractivity contribution in [1.82, 2.24) is 0 Å². The van der Waals surface area contributed by atoms with Crippen LogP contribution in [0.15, 0.2) is 48.5 Å². The topological polar surface area (TPSA) is 70.6 Å². The van der Waals surface area contributed by atoms with Gasteiger partial charge in [0.05, 0.1) is 0 Å². The summed E-state index contributed by atoms with van der Waals surface area (Å²) in [6, 6.07) is 14.7. The summed E-state index contributed by atoms with van der Waals surface area (Å²) >= 11 is 0. The maximum atomic E-state index is 12.5. The number of hydrogen-bond donors (Lipinski definition) is 3. The Morgan fingerprint density at radius 3 is 1.94 bits per heavy atom. The van der Waals surface area contributed by atoms with Crippen molar-refractivity contribution in [3.63, 3.8) is 0 Å². The molecule has 0 aliphatic rings. The summed E-state index contributed by atoms with van der Waals surface area (Å²) in [6.07, 6.45) is 0. The van der Waals surface area contributed by atoms with Crippen LogP contribution in [0.25, 0.3) is 0 Å². The van der Waals surface area contributed by atoms with Gasteiger partial charge in [0.1, 0.15) is 17.2 Å². The number of urea groups is 1. The Hall–Kier alpha value is -3.47. The zero-order valence-corrected chi connectivity index (χ0v) is 19.0. The van der Waals surface area contributed by atoms with E-state index in [0.717, 1.165) is 39.3 Å². The normalized spacial score (nSPS) is 10.8. The van der Waals surface area contributed by atoms with Gasteiger partial charge in [0.2, 0.25) is 0 Å². The zero-order valence-electron chi connectivity index (χ0n) is 19.0. The molecule has 31 heavy (non-hydrogen) atoms. The van der Waals surface area contributed by atoms with Crippen LogP contribution in [-0.2, 0) is 0 Å². The third-order valence-electron chi connectivity index (χ3n) is 5.04. The van der Waals surface area contributed by atoms with E-state index in [9.17, 15) is 9.90 Å². The summed E-state index contributed by atoms with van der Waals surface area (Å²) in [4.78, 5) is 12.5. The zero-order chi connectivity index (χ0) is 22.7. The van der Waals surface area contributed by atoms with E-state index < -0.39 is 0 Å². The highest BCUT2D eigenvalue weighted by molar-refractivity contribution is 6.00. The molecule has 0 fully saturated rings. The van der Waals surface area contributed by atoms with Crippen LogP contribution in [0.5, 0.6) is 17.2 Å². The lowest BCUT2D eigenvalue weighted by atomic mass is 10.0. The molecule has 3 rings (SSSR count). The average Bonchev–Trinajstić information content (AvgIpc) is 2.64. The Labute approximate surface area is 184 Å². The number of amides is 2. The molecule has 5 nitrogen and oxygen atoms in total. The van der Waals surface area contributed by atoms with Crippen molar-refractivity contribution in [3.8, 4) is 17.2 Å². The third kappa shape index (κ3) is 5.57. The van der Waals surface area contributed by atoms with Crippen LogP contribution < -0.4 is 15.4 Å². The van der Waals surface area contributed by atoms with Crippen molar-refractivity contribution in [2.75, 3.05) is 10.6 Å². The highest BCUT2D eigenvalue weighted by Gasteiger charge is 2.13. The molecule has 3 aromatic rings. The monoisotopic (exact) mass is 418 g/mol. The molecular formula is C26H30N2O3. The maximum Gasteiger partial charge on any atom is 0.323 e. The van der Waals surface area contributed by atoms with Gasteiger partial charge in [-0.15, -0.1) is 0 Å². The number of rotatable bonds is 5. The van der Waals surface area contributed by atoms with E-state index in [4.69, 9.17) is 4.74 Å². The van der Waals surface area contributed by atoms with Gasteiger partial charge in [-0.05, 0) is 98.3 Å². The largest absolute Gasteiger partial charge is 0.508 e. The molecule has 5 heteroatoms. The van der Waals surface area contributed by atoms with Gasteiger partial charge in [-0.25, -0.2) is 4.79 Å². The van der Waals surface area contributed by atoms with E-state index in [0.29, 0.717) is 11.4 Å². The van der Waals surface area contributed by atoms with Crippen LogP contribution in [0, 0.1) is 27.7 Å². The van der Waals surface area contributed by atoms with Crippen LogP contribution in [0.2, 0.25) is 0 Å². The molecule has 0 bridgehead atoms. The number of anilines is 2. The smallest absolute Gasteiger partial charge is 0.323 e. The molecule has 0 spiro atoms. The lowest BCUT2D eigenvalue weighted by molar-refractivity contribution is 0.262. The molecule has 0 saturated carbocycles. The predicted molar refractivity (Wildman–Crippen MR) is 127 cm³/mol. The minimum absolute atomic E-state index is 0.188. The van der Waals surface area contributed by atoms with Crippen molar-refractivity contribution in [1.29, 1.82) is 0 Å². The Kier molecular flexibility index (Phi) is 6.54. The number of hydrogen-bond acceptors (Lipinski definition) is 3. The van der Waals surface area contributed by atoms with Crippen molar-refractivity contribution in [2.24, 2.45) is 0 Å². The molecule has 162 valence electrons. The first-order valence-electron chi connectivity index (χ1n) is 10.4. The Balaban J connectivity index is 1.76. The Bertz CT molecular complexity index is 1080. The molecule has 0 radical (unpaired) electrons. The van der Waals surface area contributed by atoms with Gasteiger partial charge in [0.25, 0.3) is 0 Å². The number of ether oxygens (including phenoxy) is 1.